The summed E-state index contributed by atoms with van der Waals surface area (Å²) in [5.74, 6) is 1.84. The Morgan fingerprint density at radius 2 is 2.00 bits per heavy atom. The van der Waals surface area contributed by atoms with Crippen LogP contribution in [-0.4, -0.2) is 41.3 Å². The van der Waals surface area contributed by atoms with Gasteiger partial charge in [0, 0.05) is 24.3 Å². The Balaban J connectivity index is 2.74. The Kier molecular flexibility index (Phi) is 5.52. The van der Waals surface area contributed by atoms with Gasteiger partial charge >= 0.3 is 0 Å². The molecule has 3 nitrogen and oxygen atoms in total. The molecule has 0 aromatic carbocycles. The van der Waals surface area contributed by atoms with Crippen molar-refractivity contribution in [2.75, 3.05) is 26.4 Å². The molecule has 16 heavy (non-hydrogen) atoms. The number of halogens is 1. The molecule has 0 aliphatic heterocycles. The highest BCUT2D eigenvalue weighted by molar-refractivity contribution is 7.99. The van der Waals surface area contributed by atoms with Gasteiger partial charge in [-0.15, -0.1) is 11.8 Å². The molecular weight excluding hydrogens is 242 g/mol. The Bertz CT molecular complexity index is 355. The van der Waals surface area contributed by atoms with E-state index in [9.17, 15) is 0 Å². The van der Waals surface area contributed by atoms with Gasteiger partial charge < -0.3 is 4.90 Å². The van der Waals surface area contributed by atoms with Gasteiger partial charge in [0.25, 0.3) is 0 Å². The van der Waals surface area contributed by atoms with Crippen molar-refractivity contribution >= 4 is 23.4 Å². The predicted octanol–water partition coefficient (Wildman–Crippen LogP) is 2.65. The van der Waals surface area contributed by atoms with Crippen LogP contribution in [0.5, 0.6) is 0 Å². The third-order valence-corrected chi connectivity index (χ3v) is 3.61. The van der Waals surface area contributed by atoms with Crippen LogP contribution in [0.1, 0.15) is 18.3 Å². The number of hydrogen-bond donors (Lipinski definition) is 0. The number of nitrogens with zero attached hydrogens (tertiary/aromatic N) is 3. The first kappa shape index (κ1) is 13.7. The van der Waals surface area contributed by atoms with Crippen LogP contribution in [0.3, 0.4) is 0 Å². The summed E-state index contributed by atoms with van der Waals surface area (Å²) in [6.45, 7) is 5.04. The highest BCUT2D eigenvalue weighted by atomic mass is 35.5. The summed E-state index contributed by atoms with van der Waals surface area (Å²) in [6.07, 6.45) is 0.821. The minimum absolute atomic E-state index is 0.583. The average molecular weight is 260 g/mol. The van der Waals surface area contributed by atoms with Crippen LogP contribution in [0.15, 0.2) is 5.03 Å². The van der Waals surface area contributed by atoms with E-state index in [0.29, 0.717) is 5.15 Å². The monoisotopic (exact) mass is 259 g/mol. The first-order valence-corrected chi connectivity index (χ1v) is 6.71. The molecule has 0 saturated carbocycles. The zero-order valence-corrected chi connectivity index (χ0v) is 11.8. The summed E-state index contributed by atoms with van der Waals surface area (Å²) in [6, 6.07) is 0. The lowest BCUT2D eigenvalue weighted by molar-refractivity contribution is 0.437. The van der Waals surface area contributed by atoms with Gasteiger partial charge in [-0.2, -0.15) is 0 Å². The third-order valence-electron chi connectivity index (χ3n) is 2.18. The summed E-state index contributed by atoms with van der Waals surface area (Å²) in [4.78, 5) is 10.9. The Hall–Kier alpha value is -0.320. The maximum absolute atomic E-state index is 6.06. The molecule has 0 saturated heterocycles. The van der Waals surface area contributed by atoms with E-state index in [4.69, 9.17) is 11.6 Å². The van der Waals surface area contributed by atoms with E-state index in [2.05, 4.69) is 29.0 Å². The molecule has 1 aromatic rings. The molecule has 0 fully saturated rings. The summed E-state index contributed by atoms with van der Waals surface area (Å²) >= 11 is 7.81. The van der Waals surface area contributed by atoms with Crippen molar-refractivity contribution in [3.63, 3.8) is 0 Å². The minimum atomic E-state index is 0.583. The van der Waals surface area contributed by atoms with Crippen LogP contribution in [0.25, 0.3) is 0 Å². The smallest absolute Gasteiger partial charge is 0.136 e. The molecule has 1 aromatic heterocycles. The van der Waals surface area contributed by atoms with Crippen LogP contribution >= 0.6 is 23.4 Å². The van der Waals surface area contributed by atoms with E-state index in [0.717, 1.165) is 35.1 Å². The van der Waals surface area contributed by atoms with Gasteiger partial charge in [-0.1, -0.05) is 18.5 Å². The van der Waals surface area contributed by atoms with Gasteiger partial charge in [-0.25, -0.2) is 9.97 Å². The van der Waals surface area contributed by atoms with Crippen molar-refractivity contribution in [2.24, 2.45) is 0 Å². The second-order valence-electron chi connectivity index (χ2n) is 3.87. The molecule has 0 spiro atoms. The van der Waals surface area contributed by atoms with E-state index in [1.54, 1.807) is 11.8 Å². The minimum Gasteiger partial charge on any atom is -0.309 e. The zero-order chi connectivity index (χ0) is 12.1. The fraction of sp³-hybridized carbons (Fsp3) is 0.636. The van der Waals surface area contributed by atoms with Crippen molar-refractivity contribution < 1.29 is 0 Å². The van der Waals surface area contributed by atoms with Crippen LogP contribution in [-0.2, 0) is 6.42 Å². The number of aryl methyl sites for hydroxylation is 1. The lowest BCUT2D eigenvalue weighted by Crippen LogP contribution is -2.15. The highest BCUT2D eigenvalue weighted by Gasteiger charge is 2.08. The van der Waals surface area contributed by atoms with Crippen molar-refractivity contribution in [2.45, 2.75) is 25.3 Å². The van der Waals surface area contributed by atoms with Crippen molar-refractivity contribution in [3.8, 4) is 0 Å². The number of rotatable bonds is 5. The molecule has 1 heterocycles. The molecule has 0 N–H and O–H groups in total. The predicted molar refractivity (Wildman–Crippen MR) is 70.4 cm³/mol. The molecule has 0 unspecified atom stereocenters. The van der Waals surface area contributed by atoms with Crippen LogP contribution < -0.4 is 0 Å². The van der Waals surface area contributed by atoms with Gasteiger partial charge in [0.05, 0.1) is 0 Å². The molecular formula is C11H18ClN3S. The standard InChI is InChI=1S/C11H18ClN3S/c1-5-9-13-10(12)8(2)11(14-9)16-7-6-15(3)4/h5-7H2,1-4H3. The van der Waals surface area contributed by atoms with Gasteiger partial charge in [-0.3, -0.25) is 0 Å². The number of thioether (sulfide) groups is 1. The third kappa shape index (κ3) is 3.92. The number of aromatic nitrogens is 2. The summed E-state index contributed by atoms with van der Waals surface area (Å²) < 4.78 is 0. The second-order valence-corrected chi connectivity index (χ2v) is 5.31. The summed E-state index contributed by atoms with van der Waals surface area (Å²) in [5, 5.41) is 1.60. The first-order valence-electron chi connectivity index (χ1n) is 5.35. The van der Waals surface area contributed by atoms with Crippen LogP contribution in [0.2, 0.25) is 5.15 Å². The summed E-state index contributed by atoms with van der Waals surface area (Å²) in [5.41, 5.74) is 0.989. The van der Waals surface area contributed by atoms with Crippen LogP contribution in [0, 0.1) is 6.92 Å². The van der Waals surface area contributed by atoms with Crippen molar-refractivity contribution in [1.82, 2.24) is 14.9 Å². The van der Waals surface area contributed by atoms with Gasteiger partial charge in [-0.05, 0) is 21.0 Å². The molecule has 0 radical (unpaired) electrons. The van der Waals surface area contributed by atoms with Crippen LogP contribution in [0.4, 0.5) is 0 Å². The number of hydrogen-bond acceptors (Lipinski definition) is 4. The van der Waals surface area contributed by atoms with Gasteiger partial charge in [0.1, 0.15) is 16.0 Å². The Morgan fingerprint density at radius 3 is 2.56 bits per heavy atom. The molecule has 0 aliphatic rings. The van der Waals surface area contributed by atoms with Crippen molar-refractivity contribution in [1.29, 1.82) is 0 Å². The molecule has 0 bridgehead atoms. The van der Waals surface area contributed by atoms with E-state index < -0.39 is 0 Å². The zero-order valence-electron chi connectivity index (χ0n) is 10.2. The largest absolute Gasteiger partial charge is 0.309 e. The fourth-order valence-electron chi connectivity index (χ4n) is 1.14. The molecule has 1 rings (SSSR count). The van der Waals surface area contributed by atoms with E-state index in [1.807, 2.05) is 13.8 Å². The highest BCUT2D eigenvalue weighted by Crippen LogP contribution is 2.24. The maximum atomic E-state index is 6.06. The lowest BCUT2D eigenvalue weighted by Gasteiger charge is -2.10. The van der Waals surface area contributed by atoms with E-state index in [1.165, 1.54) is 0 Å². The van der Waals surface area contributed by atoms with E-state index >= 15 is 0 Å². The average Bonchev–Trinajstić information content (AvgIpc) is 2.23. The SMILES string of the molecule is CCc1nc(Cl)c(C)c(SCCN(C)C)n1. The maximum Gasteiger partial charge on any atom is 0.136 e. The normalized spacial score (nSPS) is 11.1. The van der Waals surface area contributed by atoms with Crippen molar-refractivity contribution in [3.05, 3.63) is 16.5 Å². The molecule has 90 valence electrons. The molecule has 0 amide bonds. The molecule has 0 aliphatic carbocycles. The second kappa shape index (κ2) is 6.42. The lowest BCUT2D eigenvalue weighted by atomic mass is 10.3. The summed E-state index contributed by atoms with van der Waals surface area (Å²) in [7, 11) is 4.13. The van der Waals surface area contributed by atoms with E-state index in [-0.39, 0.29) is 0 Å². The Morgan fingerprint density at radius 1 is 1.31 bits per heavy atom. The topological polar surface area (TPSA) is 29.0 Å². The quantitative estimate of drug-likeness (QED) is 0.601. The Labute approximate surface area is 107 Å². The first-order chi connectivity index (χ1) is 7.54. The molecule has 5 heteroatoms. The molecule has 0 atom stereocenters. The van der Waals surface area contributed by atoms with Gasteiger partial charge in [0.2, 0.25) is 0 Å². The fourth-order valence-corrected chi connectivity index (χ4v) is 2.51. The van der Waals surface area contributed by atoms with Gasteiger partial charge in [0.15, 0.2) is 0 Å².